The van der Waals surface area contributed by atoms with Crippen LogP contribution in [0.25, 0.3) is 0 Å². The van der Waals surface area contributed by atoms with Gasteiger partial charge in [0.2, 0.25) is 0 Å². The molecule has 0 N–H and O–H groups in total. The third-order valence-electron chi connectivity index (χ3n) is 0.805. The normalized spacial score (nSPS) is 22.2. The van der Waals surface area contributed by atoms with E-state index in [4.69, 9.17) is 4.74 Å². The molecule has 1 rings (SSSR count). The molecule has 0 radical (unpaired) electrons. The Balaban J connectivity index is 2.08. The van der Waals surface area contributed by atoms with Crippen LogP contribution in [-0.2, 0) is 4.74 Å². The Kier molecular flexibility index (Phi) is 0.654. The van der Waals surface area contributed by atoms with Crippen molar-refractivity contribution in [3.63, 3.8) is 0 Å². The average molecular weight is 69.9 g/mol. The number of ether oxygens (including phenoxy) is 1. The van der Waals surface area contributed by atoms with Crippen LogP contribution in [0.15, 0.2) is 0 Å². The Morgan fingerprint density at radius 1 is 1.60 bits per heavy atom. The summed E-state index contributed by atoms with van der Waals surface area (Å²) in [4.78, 5) is 0. The topological polar surface area (TPSA) is 9.23 Å². The Hall–Kier alpha value is 0.0249. The molecule has 1 aliphatic rings. The van der Waals surface area contributed by atoms with Gasteiger partial charge in [0.05, 0.1) is 0 Å². The Morgan fingerprint density at radius 2 is 2.00 bits per heavy atom. The van der Waals surface area contributed by atoms with Crippen LogP contribution in [0.3, 0.4) is 0 Å². The molecule has 0 bridgehead atoms. The van der Waals surface area contributed by atoms with Crippen LogP contribution >= 0.6 is 0 Å². The molecule has 2 heteroatoms. The zero-order valence-corrected chi connectivity index (χ0v) is 3.40. The van der Waals surface area contributed by atoms with Crippen molar-refractivity contribution in [3.05, 3.63) is 0 Å². The standard InChI is InChI=1S/C3H7BO/c1-4-2-5-3-4/h2-3H2,1H3. The van der Waals surface area contributed by atoms with Gasteiger partial charge in [-0.05, 0) is 0 Å². The first-order valence-electron chi connectivity index (χ1n) is 1.97. The lowest BCUT2D eigenvalue weighted by molar-refractivity contribution is 0.174. The van der Waals surface area contributed by atoms with E-state index in [9.17, 15) is 0 Å². The van der Waals surface area contributed by atoms with E-state index in [1.54, 1.807) is 0 Å². The fourth-order valence-electron chi connectivity index (χ4n) is 0.354. The molecule has 0 amide bonds. The van der Waals surface area contributed by atoms with Gasteiger partial charge in [-0.15, -0.1) is 0 Å². The van der Waals surface area contributed by atoms with Gasteiger partial charge in [-0.2, -0.15) is 0 Å². The van der Waals surface area contributed by atoms with E-state index in [-0.39, 0.29) is 0 Å². The minimum absolute atomic E-state index is 0.843. The molecular formula is C3H7BO. The van der Waals surface area contributed by atoms with E-state index in [1.807, 2.05) is 0 Å². The lowest BCUT2D eigenvalue weighted by atomic mass is 9.50. The zero-order chi connectivity index (χ0) is 3.70. The highest BCUT2D eigenvalue weighted by atomic mass is 16.5. The number of rotatable bonds is 0. The second kappa shape index (κ2) is 1.01. The van der Waals surface area contributed by atoms with Crippen LogP contribution in [0, 0.1) is 0 Å². The van der Waals surface area contributed by atoms with Gasteiger partial charge in [-0.3, -0.25) is 0 Å². The van der Waals surface area contributed by atoms with Crippen molar-refractivity contribution >= 4 is 6.71 Å². The summed E-state index contributed by atoms with van der Waals surface area (Å²) in [6, 6.07) is 0. The Labute approximate surface area is 32.4 Å². The molecular weight excluding hydrogens is 62.8 g/mol. The average Bonchev–Trinajstić information content (AvgIpc) is 1.30. The van der Waals surface area contributed by atoms with Gasteiger partial charge in [0.1, 0.15) is 0 Å². The minimum atomic E-state index is 0.843. The van der Waals surface area contributed by atoms with Crippen molar-refractivity contribution < 1.29 is 4.74 Å². The molecule has 0 unspecified atom stereocenters. The molecule has 0 aromatic heterocycles. The van der Waals surface area contributed by atoms with E-state index >= 15 is 0 Å². The summed E-state index contributed by atoms with van der Waals surface area (Å²) in [6.07, 6.45) is 0. The molecule has 1 saturated heterocycles. The summed E-state index contributed by atoms with van der Waals surface area (Å²) < 4.78 is 4.83. The van der Waals surface area contributed by atoms with Crippen molar-refractivity contribution in [1.29, 1.82) is 0 Å². The van der Waals surface area contributed by atoms with E-state index in [1.165, 1.54) is 0 Å². The quantitative estimate of drug-likeness (QED) is 0.370. The van der Waals surface area contributed by atoms with Crippen LogP contribution in [0.1, 0.15) is 0 Å². The highest BCUT2D eigenvalue weighted by Crippen LogP contribution is 1.94. The second-order valence-corrected chi connectivity index (χ2v) is 1.64. The maximum atomic E-state index is 4.83. The van der Waals surface area contributed by atoms with Crippen molar-refractivity contribution in [2.24, 2.45) is 0 Å². The van der Waals surface area contributed by atoms with Crippen molar-refractivity contribution in [3.8, 4) is 0 Å². The van der Waals surface area contributed by atoms with Crippen molar-refractivity contribution in [1.82, 2.24) is 0 Å². The van der Waals surface area contributed by atoms with Crippen LogP contribution < -0.4 is 0 Å². The Bertz CT molecular complexity index is 33.9. The molecule has 1 nitrogen and oxygen atoms in total. The summed E-state index contributed by atoms with van der Waals surface area (Å²) in [5, 5.41) is 0. The third-order valence-corrected chi connectivity index (χ3v) is 0.805. The largest absolute Gasteiger partial charge is 0.398 e. The summed E-state index contributed by atoms with van der Waals surface area (Å²) in [7, 11) is 0. The van der Waals surface area contributed by atoms with Gasteiger partial charge in [-0.1, -0.05) is 6.82 Å². The second-order valence-electron chi connectivity index (χ2n) is 1.64. The van der Waals surface area contributed by atoms with Crippen molar-refractivity contribution in [2.75, 3.05) is 13.0 Å². The maximum Gasteiger partial charge on any atom is 0.199 e. The maximum absolute atomic E-state index is 4.83. The van der Waals surface area contributed by atoms with E-state index < -0.39 is 0 Å². The predicted molar refractivity (Wildman–Crippen MR) is 22.4 cm³/mol. The van der Waals surface area contributed by atoms with E-state index in [0.717, 1.165) is 19.7 Å². The first kappa shape index (κ1) is 3.22. The lowest BCUT2D eigenvalue weighted by Crippen LogP contribution is -2.35. The minimum Gasteiger partial charge on any atom is -0.398 e. The number of hydrogen-bond acceptors (Lipinski definition) is 1. The molecule has 0 spiro atoms. The molecule has 28 valence electrons. The van der Waals surface area contributed by atoms with Crippen LogP contribution in [-0.4, -0.2) is 19.7 Å². The molecule has 1 aliphatic heterocycles. The molecule has 0 aliphatic carbocycles. The highest BCUT2D eigenvalue weighted by Gasteiger charge is 2.15. The van der Waals surface area contributed by atoms with Gasteiger partial charge in [0.25, 0.3) is 0 Å². The summed E-state index contributed by atoms with van der Waals surface area (Å²) in [5.74, 6) is 0. The molecule has 1 fully saturated rings. The molecule has 0 aromatic rings. The molecule has 0 aromatic carbocycles. The zero-order valence-electron chi connectivity index (χ0n) is 3.40. The molecule has 5 heavy (non-hydrogen) atoms. The van der Waals surface area contributed by atoms with Crippen molar-refractivity contribution in [2.45, 2.75) is 6.82 Å². The van der Waals surface area contributed by atoms with Gasteiger partial charge >= 0.3 is 0 Å². The SMILES string of the molecule is CB1COC1. The molecule has 0 atom stereocenters. The van der Waals surface area contributed by atoms with Gasteiger partial charge in [0.15, 0.2) is 6.71 Å². The Morgan fingerprint density at radius 3 is 2.00 bits per heavy atom. The molecule has 0 saturated carbocycles. The monoisotopic (exact) mass is 70.1 g/mol. The van der Waals surface area contributed by atoms with Gasteiger partial charge < -0.3 is 4.74 Å². The van der Waals surface area contributed by atoms with E-state index in [0.29, 0.717) is 0 Å². The fourth-order valence-corrected chi connectivity index (χ4v) is 0.354. The van der Waals surface area contributed by atoms with Crippen LogP contribution in [0.5, 0.6) is 0 Å². The number of hydrogen-bond donors (Lipinski definition) is 0. The van der Waals surface area contributed by atoms with Crippen LogP contribution in [0.4, 0.5) is 0 Å². The first-order valence-corrected chi connectivity index (χ1v) is 1.97. The lowest BCUT2D eigenvalue weighted by Gasteiger charge is -2.17. The smallest absolute Gasteiger partial charge is 0.199 e. The summed E-state index contributed by atoms with van der Waals surface area (Å²) in [5.41, 5.74) is 0. The van der Waals surface area contributed by atoms with Gasteiger partial charge in [0, 0.05) is 13.0 Å². The van der Waals surface area contributed by atoms with Gasteiger partial charge in [-0.25, -0.2) is 0 Å². The first-order chi connectivity index (χ1) is 2.39. The highest BCUT2D eigenvalue weighted by molar-refractivity contribution is 6.59. The van der Waals surface area contributed by atoms with Crippen LogP contribution in [0.2, 0.25) is 6.82 Å². The third kappa shape index (κ3) is 0.455. The summed E-state index contributed by atoms with van der Waals surface area (Å²) >= 11 is 0. The summed E-state index contributed by atoms with van der Waals surface area (Å²) in [6.45, 7) is 5.00. The van der Waals surface area contributed by atoms with E-state index in [2.05, 4.69) is 6.82 Å². The fraction of sp³-hybridized carbons (Fsp3) is 1.00. The molecule has 1 heterocycles. The predicted octanol–water partition coefficient (Wildman–Crippen LogP) is 0.220.